The van der Waals surface area contributed by atoms with E-state index in [9.17, 15) is 13.2 Å². The van der Waals surface area contributed by atoms with Crippen molar-refractivity contribution in [1.29, 1.82) is 0 Å². The van der Waals surface area contributed by atoms with Gasteiger partial charge in [0.25, 0.3) is 0 Å². The fourth-order valence-electron chi connectivity index (χ4n) is 0.998. The fraction of sp³-hybridized carbons (Fsp3) is 0.273. The highest BCUT2D eigenvalue weighted by atomic mass is 35.5. The molecule has 0 amide bonds. The van der Waals surface area contributed by atoms with Crippen LogP contribution in [0.4, 0.5) is 13.2 Å². The monoisotopic (exact) mass is 266 g/mol. The van der Waals surface area contributed by atoms with Gasteiger partial charge in [0, 0.05) is 17.9 Å². The molecular formula is C11H7Cl2F3. The summed E-state index contributed by atoms with van der Waals surface area (Å²) < 4.78 is 36.9. The Balaban J connectivity index is 2.98. The molecule has 0 fully saturated rings. The van der Waals surface area contributed by atoms with Crippen LogP contribution in [0.3, 0.4) is 0 Å². The zero-order chi connectivity index (χ0) is 12.2. The largest absolute Gasteiger partial charge is 0.416 e. The van der Waals surface area contributed by atoms with Crippen LogP contribution in [0.2, 0.25) is 5.02 Å². The van der Waals surface area contributed by atoms with Crippen LogP contribution >= 0.6 is 23.2 Å². The number of halogens is 5. The number of alkyl halides is 4. The van der Waals surface area contributed by atoms with Gasteiger partial charge in [-0.15, -0.1) is 11.6 Å². The predicted molar refractivity (Wildman–Crippen MR) is 58.7 cm³/mol. The molecule has 0 aliphatic heterocycles. The van der Waals surface area contributed by atoms with Crippen molar-refractivity contribution in [2.24, 2.45) is 0 Å². The van der Waals surface area contributed by atoms with Crippen LogP contribution in [0.5, 0.6) is 0 Å². The lowest BCUT2D eigenvalue weighted by atomic mass is 10.1. The van der Waals surface area contributed by atoms with E-state index in [1.807, 2.05) is 0 Å². The van der Waals surface area contributed by atoms with Gasteiger partial charge in [0.1, 0.15) is 0 Å². The smallest absolute Gasteiger partial charge is 0.166 e. The van der Waals surface area contributed by atoms with E-state index >= 15 is 0 Å². The van der Waals surface area contributed by atoms with Crippen LogP contribution in [-0.2, 0) is 6.18 Å². The molecule has 1 aromatic rings. The zero-order valence-electron chi connectivity index (χ0n) is 8.04. The maximum absolute atomic E-state index is 12.3. The second kappa shape index (κ2) is 5.47. The van der Waals surface area contributed by atoms with E-state index in [4.69, 9.17) is 23.2 Å². The molecule has 0 radical (unpaired) electrons. The summed E-state index contributed by atoms with van der Waals surface area (Å²) in [5, 5.41) is -0.00287. The van der Waals surface area contributed by atoms with Gasteiger partial charge in [-0.05, 0) is 18.2 Å². The number of benzene rings is 1. The Hall–Kier alpha value is -0.850. The van der Waals surface area contributed by atoms with Crippen molar-refractivity contribution >= 4 is 23.2 Å². The fourth-order valence-corrected chi connectivity index (χ4v) is 1.32. The van der Waals surface area contributed by atoms with Gasteiger partial charge < -0.3 is 0 Å². The van der Waals surface area contributed by atoms with Gasteiger partial charge in [-0.1, -0.05) is 23.4 Å². The number of rotatable bonds is 1. The van der Waals surface area contributed by atoms with Gasteiger partial charge in [-0.3, -0.25) is 0 Å². The van der Waals surface area contributed by atoms with Crippen LogP contribution in [-0.4, -0.2) is 5.88 Å². The SMILES string of the molecule is FC(F)(F)c1ccc(C#CCCCl)c(Cl)c1. The first-order chi connectivity index (χ1) is 7.45. The Bertz CT molecular complexity index is 427. The third-order valence-electron chi connectivity index (χ3n) is 1.74. The van der Waals surface area contributed by atoms with E-state index in [1.165, 1.54) is 6.07 Å². The lowest BCUT2D eigenvalue weighted by molar-refractivity contribution is -0.137. The van der Waals surface area contributed by atoms with E-state index in [2.05, 4.69) is 11.8 Å². The minimum Gasteiger partial charge on any atom is -0.166 e. The standard InChI is InChI=1S/C11H7Cl2F3/c12-6-2-1-3-8-4-5-9(7-10(8)13)11(14,15)16/h4-5,7H,2,6H2. The van der Waals surface area contributed by atoms with Crippen LogP contribution in [0.1, 0.15) is 17.5 Å². The van der Waals surface area contributed by atoms with Crippen molar-refractivity contribution in [3.63, 3.8) is 0 Å². The first kappa shape index (κ1) is 13.2. The minimum absolute atomic E-state index is 0.00287. The Morgan fingerprint density at radius 1 is 1.25 bits per heavy atom. The summed E-state index contributed by atoms with van der Waals surface area (Å²) in [5.41, 5.74) is -0.403. The summed E-state index contributed by atoms with van der Waals surface area (Å²) in [5.74, 6) is 5.74. The van der Waals surface area contributed by atoms with Crippen molar-refractivity contribution in [1.82, 2.24) is 0 Å². The summed E-state index contributed by atoms with van der Waals surface area (Å²) in [6.07, 6.45) is -3.91. The molecule has 0 saturated carbocycles. The van der Waals surface area contributed by atoms with Crippen LogP contribution in [0, 0.1) is 11.8 Å². The maximum Gasteiger partial charge on any atom is 0.416 e. The van der Waals surface area contributed by atoms with E-state index < -0.39 is 11.7 Å². The number of hydrogen-bond acceptors (Lipinski definition) is 0. The molecule has 5 heteroatoms. The molecule has 0 aliphatic rings. The van der Waals surface area contributed by atoms with Gasteiger partial charge in [-0.2, -0.15) is 13.2 Å². The molecule has 0 atom stereocenters. The average molecular weight is 267 g/mol. The van der Waals surface area contributed by atoms with Crippen molar-refractivity contribution in [2.45, 2.75) is 12.6 Å². The Morgan fingerprint density at radius 3 is 2.44 bits per heavy atom. The summed E-state index contributed by atoms with van der Waals surface area (Å²) in [4.78, 5) is 0. The highest BCUT2D eigenvalue weighted by Gasteiger charge is 2.30. The van der Waals surface area contributed by atoms with Crippen LogP contribution in [0.25, 0.3) is 0 Å². The van der Waals surface area contributed by atoms with Crippen molar-refractivity contribution in [3.05, 3.63) is 34.3 Å². The molecule has 0 heterocycles. The van der Waals surface area contributed by atoms with Gasteiger partial charge in [-0.25, -0.2) is 0 Å². The molecule has 0 saturated heterocycles. The molecule has 86 valence electrons. The molecule has 0 bridgehead atoms. The van der Waals surface area contributed by atoms with Crippen LogP contribution in [0.15, 0.2) is 18.2 Å². The Labute approximate surface area is 101 Å². The molecular weight excluding hydrogens is 260 g/mol. The zero-order valence-corrected chi connectivity index (χ0v) is 9.55. The van der Waals surface area contributed by atoms with Crippen LogP contribution < -0.4 is 0 Å². The molecule has 16 heavy (non-hydrogen) atoms. The minimum atomic E-state index is -4.38. The lowest BCUT2D eigenvalue weighted by Crippen LogP contribution is -2.04. The van der Waals surface area contributed by atoms with E-state index in [0.717, 1.165) is 12.1 Å². The number of hydrogen-bond donors (Lipinski definition) is 0. The third kappa shape index (κ3) is 3.62. The second-order valence-electron chi connectivity index (χ2n) is 2.93. The molecule has 0 aliphatic carbocycles. The van der Waals surface area contributed by atoms with Gasteiger partial charge >= 0.3 is 6.18 Å². The molecule has 0 nitrogen and oxygen atoms in total. The highest BCUT2D eigenvalue weighted by molar-refractivity contribution is 6.31. The normalized spacial score (nSPS) is 10.8. The summed E-state index contributed by atoms with van der Waals surface area (Å²) in [7, 11) is 0. The van der Waals surface area contributed by atoms with Crippen molar-refractivity contribution in [2.75, 3.05) is 5.88 Å². The van der Waals surface area contributed by atoms with E-state index in [0.29, 0.717) is 17.9 Å². The maximum atomic E-state index is 12.3. The Morgan fingerprint density at radius 2 is 1.94 bits per heavy atom. The molecule has 1 rings (SSSR count). The molecule has 0 unspecified atom stereocenters. The summed E-state index contributed by atoms with van der Waals surface area (Å²) in [6.45, 7) is 0. The predicted octanol–water partition coefficient (Wildman–Crippen LogP) is 4.34. The topological polar surface area (TPSA) is 0 Å². The van der Waals surface area contributed by atoms with E-state index in [1.54, 1.807) is 0 Å². The molecule has 0 spiro atoms. The van der Waals surface area contributed by atoms with E-state index in [-0.39, 0.29) is 5.02 Å². The van der Waals surface area contributed by atoms with Gasteiger partial charge in [0.05, 0.1) is 10.6 Å². The van der Waals surface area contributed by atoms with Crippen molar-refractivity contribution < 1.29 is 13.2 Å². The molecule has 1 aromatic carbocycles. The summed E-state index contributed by atoms with van der Waals surface area (Å²) in [6, 6.07) is 3.08. The molecule has 0 N–H and O–H groups in total. The third-order valence-corrected chi connectivity index (χ3v) is 2.24. The first-order valence-electron chi connectivity index (χ1n) is 4.36. The quantitative estimate of drug-likeness (QED) is 0.524. The molecule has 0 aromatic heterocycles. The van der Waals surface area contributed by atoms with Gasteiger partial charge in [0.15, 0.2) is 0 Å². The second-order valence-corrected chi connectivity index (χ2v) is 3.72. The lowest BCUT2D eigenvalue weighted by Gasteiger charge is -2.07. The summed E-state index contributed by atoms with van der Waals surface area (Å²) >= 11 is 11.1. The Kier molecular flexibility index (Phi) is 4.52. The van der Waals surface area contributed by atoms with Crippen molar-refractivity contribution in [3.8, 4) is 11.8 Å². The highest BCUT2D eigenvalue weighted by Crippen LogP contribution is 2.31. The first-order valence-corrected chi connectivity index (χ1v) is 5.28. The van der Waals surface area contributed by atoms with Gasteiger partial charge in [0.2, 0.25) is 0 Å². The average Bonchev–Trinajstić information content (AvgIpc) is 2.19.